The molecule has 1 heterocycles. The molecule has 2 heteroatoms. The molecule has 2 atom stereocenters. The highest BCUT2D eigenvalue weighted by Crippen LogP contribution is 2.59. The number of fused-ring (bicyclic) bond motifs is 1. The van der Waals surface area contributed by atoms with E-state index in [1.807, 2.05) is 60.7 Å². The average Bonchev–Trinajstić information content (AvgIpc) is 3.32. The molecule has 4 rings (SSSR count). The van der Waals surface area contributed by atoms with Gasteiger partial charge in [0.25, 0.3) is 0 Å². The molecule has 1 N–H and O–H groups in total. The summed E-state index contributed by atoms with van der Waals surface area (Å²) in [5.41, 5.74) is 0.371. The topological polar surface area (TPSA) is 32.8 Å². The monoisotopic (exact) mass is 280 g/mol. The molecule has 1 aliphatic heterocycles. The van der Waals surface area contributed by atoms with Gasteiger partial charge < -0.3 is 9.84 Å². The van der Waals surface area contributed by atoms with E-state index in [0.29, 0.717) is 0 Å². The molecule has 0 amide bonds. The van der Waals surface area contributed by atoms with E-state index >= 15 is 0 Å². The Morgan fingerprint density at radius 3 is 2.00 bits per heavy atom. The Labute approximate surface area is 125 Å². The van der Waals surface area contributed by atoms with Gasteiger partial charge in [0.15, 0.2) is 0 Å². The molecule has 1 saturated heterocycles. The van der Waals surface area contributed by atoms with E-state index in [4.69, 9.17) is 4.74 Å². The Hall–Kier alpha value is -1.64. The van der Waals surface area contributed by atoms with Gasteiger partial charge in [-0.2, -0.15) is 0 Å². The molecule has 2 aliphatic rings. The first-order valence-corrected chi connectivity index (χ1v) is 7.79. The maximum atomic E-state index is 11.8. The van der Waals surface area contributed by atoms with Crippen LogP contribution in [0.15, 0.2) is 60.7 Å². The predicted molar refractivity (Wildman–Crippen MR) is 82.0 cm³/mol. The second-order valence-electron chi connectivity index (χ2n) is 6.18. The zero-order chi connectivity index (χ0) is 14.3. The minimum absolute atomic E-state index is 0.191. The van der Waals surface area contributed by atoms with Crippen molar-refractivity contribution in [3.63, 3.8) is 0 Å². The van der Waals surface area contributed by atoms with E-state index in [9.17, 15) is 5.11 Å². The van der Waals surface area contributed by atoms with Gasteiger partial charge in [0, 0.05) is 0 Å². The molecule has 2 fully saturated rings. The minimum Gasteiger partial charge on any atom is -0.377 e. The van der Waals surface area contributed by atoms with Crippen molar-refractivity contribution in [2.45, 2.75) is 43.0 Å². The summed E-state index contributed by atoms with van der Waals surface area (Å²) < 4.78 is 6.09. The van der Waals surface area contributed by atoms with Crippen LogP contribution in [0.2, 0.25) is 0 Å². The third-order valence-electron chi connectivity index (χ3n) is 5.08. The lowest BCUT2D eigenvalue weighted by Gasteiger charge is -2.37. The second-order valence-corrected chi connectivity index (χ2v) is 6.18. The van der Waals surface area contributed by atoms with E-state index in [0.717, 1.165) is 30.4 Å². The highest BCUT2D eigenvalue weighted by Gasteiger charge is 2.69. The summed E-state index contributed by atoms with van der Waals surface area (Å²) in [4.78, 5) is 0. The number of hydrogen-bond donors (Lipinski definition) is 1. The molecule has 108 valence electrons. The van der Waals surface area contributed by atoms with Crippen molar-refractivity contribution in [2.24, 2.45) is 0 Å². The van der Waals surface area contributed by atoms with Gasteiger partial charge in [-0.3, -0.25) is 0 Å². The fraction of sp³-hybridized carbons (Fsp3) is 0.368. The van der Waals surface area contributed by atoms with Crippen molar-refractivity contribution in [3.8, 4) is 0 Å². The quantitative estimate of drug-likeness (QED) is 0.871. The van der Waals surface area contributed by atoms with Crippen LogP contribution in [0, 0.1) is 0 Å². The zero-order valence-electron chi connectivity index (χ0n) is 12.0. The van der Waals surface area contributed by atoms with Gasteiger partial charge in [-0.25, -0.2) is 0 Å². The number of benzene rings is 2. The first-order valence-electron chi connectivity index (χ1n) is 7.79. The summed E-state index contributed by atoms with van der Waals surface area (Å²) in [7, 11) is 0. The summed E-state index contributed by atoms with van der Waals surface area (Å²) in [6.07, 6.45) is 4.50. The summed E-state index contributed by atoms with van der Waals surface area (Å²) in [5, 5.41) is 11.8. The fourth-order valence-corrected chi connectivity index (χ4v) is 3.96. The molecule has 1 saturated carbocycles. The van der Waals surface area contributed by atoms with Crippen molar-refractivity contribution in [3.05, 3.63) is 71.8 Å². The zero-order valence-corrected chi connectivity index (χ0v) is 12.0. The van der Waals surface area contributed by atoms with Crippen molar-refractivity contribution in [1.29, 1.82) is 0 Å². The Morgan fingerprint density at radius 1 is 0.905 bits per heavy atom. The minimum atomic E-state index is -1.05. The molecule has 2 aromatic rings. The van der Waals surface area contributed by atoms with Gasteiger partial charge in [0.05, 0.1) is 6.10 Å². The van der Waals surface area contributed by atoms with Crippen LogP contribution < -0.4 is 0 Å². The van der Waals surface area contributed by atoms with E-state index in [1.165, 1.54) is 6.42 Å². The second kappa shape index (κ2) is 4.69. The Bertz CT molecular complexity index is 583. The fourth-order valence-electron chi connectivity index (χ4n) is 3.96. The number of aliphatic hydroxyl groups is 1. The van der Waals surface area contributed by atoms with Crippen LogP contribution in [-0.2, 0) is 10.3 Å². The largest absolute Gasteiger partial charge is 0.377 e. The van der Waals surface area contributed by atoms with Gasteiger partial charge in [0.1, 0.15) is 11.2 Å². The molecule has 2 nitrogen and oxygen atoms in total. The Morgan fingerprint density at radius 2 is 1.48 bits per heavy atom. The Balaban J connectivity index is 1.88. The number of epoxide rings is 1. The number of hydrogen-bond acceptors (Lipinski definition) is 2. The van der Waals surface area contributed by atoms with Gasteiger partial charge in [-0.05, 0) is 24.0 Å². The third-order valence-corrected chi connectivity index (χ3v) is 5.08. The molecule has 1 aliphatic carbocycles. The predicted octanol–water partition coefficient (Wildman–Crippen LogP) is 3.63. The molecule has 2 aromatic carbocycles. The van der Waals surface area contributed by atoms with Gasteiger partial charge >= 0.3 is 0 Å². The van der Waals surface area contributed by atoms with Crippen LogP contribution in [0.25, 0.3) is 0 Å². The van der Waals surface area contributed by atoms with Crippen molar-refractivity contribution in [2.75, 3.05) is 0 Å². The van der Waals surface area contributed by atoms with Crippen LogP contribution in [0.1, 0.15) is 36.8 Å². The number of rotatable bonds is 3. The van der Waals surface area contributed by atoms with Crippen LogP contribution in [0.5, 0.6) is 0 Å². The summed E-state index contributed by atoms with van der Waals surface area (Å²) in [5.74, 6) is 0. The van der Waals surface area contributed by atoms with Gasteiger partial charge in [-0.1, -0.05) is 73.5 Å². The molecular formula is C19H20O2. The SMILES string of the molecule is OC(c1ccccc1)(c1ccccc1)[C@]12CCCC[C@H]1O2. The van der Waals surface area contributed by atoms with Gasteiger partial charge in [0.2, 0.25) is 0 Å². The molecule has 0 radical (unpaired) electrons. The van der Waals surface area contributed by atoms with Crippen LogP contribution in [0.4, 0.5) is 0 Å². The van der Waals surface area contributed by atoms with E-state index in [-0.39, 0.29) is 6.10 Å². The van der Waals surface area contributed by atoms with Crippen LogP contribution in [0.3, 0.4) is 0 Å². The van der Waals surface area contributed by atoms with Crippen molar-refractivity contribution in [1.82, 2.24) is 0 Å². The highest BCUT2D eigenvalue weighted by atomic mass is 16.6. The van der Waals surface area contributed by atoms with E-state index in [2.05, 4.69) is 0 Å². The van der Waals surface area contributed by atoms with E-state index < -0.39 is 11.2 Å². The molecule has 0 unspecified atom stereocenters. The molecule has 0 aromatic heterocycles. The van der Waals surface area contributed by atoms with Crippen molar-refractivity contribution < 1.29 is 9.84 Å². The average molecular weight is 280 g/mol. The lowest BCUT2D eigenvalue weighted by molar-refractivity contribution is -0.0136. The van der Waals surface area contributed by atoms with Crippen LogP contribution in [-0.4, -0.2) is 16.8 Å². The third kappa shape index (κ3) is 1.79. The maximum Gasteiger partial charge on any atom is 0.146 e. The molecule has 21 heavy (non-hydrogen) atoms. The lowest BCUT2D eigenvalue weighted by Crippen LogP contribution is -2.46. The first-order chi connectivity index (χ1) is 10.3. The molecule has 0 spiro atoms. The van der Waals surface area contributed by atoms with Gasteiger partial charge in [-0.15, -0.1) is 0 Å². The molecule has 0 bridgehead atoms. The summed E-state index contributed by atoms with van der Waals surface area (Å²) in [6, 6.07) is 20.0. The van der Waals surface area contributed by atoms with E-state index in [1.54, 1.807) is 0 Å². The summed E-state index contributed by atoms with van der Waals surface area (Å²) >= 11 is 0. The van der Waals surface area contributed by atoms with Crippen LogP contribution >= 0.6 is 0 Å². The highest BCUT2D eigenvalue weighted by molar-refractivity contribution is 5.43. The Kier molecular flexibility index (Phi) is 2.91. The normalized spacial score (nSPS) is 28.0. The van der Waals surface area contributed by atoms with Crippen molar-refractivity contribution >= 4 is 0 Å². The molecular weight excluding hydrogens is 260 g/mol. The smallest absolute Gasteiger partial charge is 0.146 e. The first kappa shape index (κ1) is 13.1. The number of ether oxygens (including phenoxy) is 1. The lowest BCUT2D eigenvalue weighted by atomic mass is 9.69. The maximum absolute atomic E-state index is 11.8. The standard InChI is InChI=1S/C19H20O2/c20-19(15-9-3-1-4-10-15,16-11-5-2-6-12-16)18-14-8-7-13-17(18)21-18/h1-6,9-12,17,20H,7-8,13-14H2/t17-,18+/m1/s1. The summed E-state index contributed by atoms with van der Waals surface area (Å²) in [6.45, 7) is 0.